The van der Waals surface area contributed by atoms with E-state index in [9.17, 15) is 10.2 Å². The summed E-state index contributed by atoms with van der Waals surface area (Å²) in [6.45, 7) is 1.41. The number of hydrogen-bond acceptors (Lipinski definition) is 6. The van der Waals surface area contributed by atoms with Crippen molar-refractivity contribution in [2.45, 2.75) is 12.8 Å². The van der Waals surface area contributed by atoms with Gasteiger partial charge in [-0.1, -0.05) is 24.3 Å². The lowest BCUT2D eigenvalue weighted by Gasteiger charge is -2.10. The fourth-order valence-corrected chi connectivity index (χ4v) is 2.88. The SMILES string of the molecule is Oc1ccc(CCNc2ncc(Br)c(NCCc3ccc(O)cc3)n2)cc1. The molecule has 0 aliphatic heterocycles. The van der Waals surface area contributed by atoms with Gasteiger partial charge in [-0.15, -0.1) is 0 Å². The number of anilines is 2. The summed E-state index contributed by atoms with van der Waals surface area (Å²) in [6, 6.07) is 14.3. The Morgan fingerprint density at radius 1 is 0.778 bits per heavy atom. The molecule has 0 bridgehead atoms. The minimum absolute atomic E-state index is 0.269. The summed E-state index contributed by atoms with van der Waals surface area (Å²) in [4.78, 5) is 8.79. The van der Waals surface area contributed by atoms with Gasteiger partial charge < -0.3 is 20.8 Å². The molecule has 0 aliphatic rings. The van der Waals surface area contributed by atoms with Gasteiger partial charge in [-0.25, -0.2) is 4.98 Å². The molecule has 0 atom stereocenters. The van der Waals surface area contributed by atoms with Crippen LogP contribution in [0.4, 0.5) is 11.8 Å². The fraction of sp³-hybridized carbons (Fsp3) is 0.200. The fourth-order valence-electron chi connectivity index (χ4n) is 2.55. The average Bonchev–Trinajstić information content (AvgIpc) is 2.67. The van der Waals surface area contributed by atoms with Crippen molar-refractivity contribution in [3.63, 3.8) is 0 Å². The van der Waals surface area contributed by atoms with Crippen molar-refractivity contribution in [2.24, 2.45) is 0 Å². The predicted octanol–water partition coefficient (Wildman–Crippen LogP) is 3.96. The lowest BCUT2D eigenvalue weighted by atomic mass is 10.1. The van der Waals surface area contributed by atoms with Gasteiger partial charge in [0.1, 0.15) is 17.3 Å². The Balaban J connectivity index is 1.50. The van der Waals surface area contributed by atoms with Gasteiger partial charge in [-0.05, 0) is 64.2 Å². The maximum Gasteiger partial charge on any atom is 0.224 e. The average molecular weight is 429 g/mol. The Hall–Kier alpha value is -2.80. The lowest BCUT2D eigenvalue weighted by Crippen LogP contribution is -2.11. The van der Waals surface area contributed by atoms with Gasteiger partial charge in [0.25, 0.3) is 0 Å². The van der Waals surface area contributed by atoms with Crippen LogP contribution in [0, 0.1) is 0 Å². The second-order valence-electron chi connectivity index (χ2n) is 6.08. The third kappa shape index (κ3) is 5.86. The summed E-state index contributed by atoms with van der Waals surface area (Å²) in [5, 5.41) is 25.2. The molecular formula is C20H21BrN4O2. The van der Waals surface area contributed by atoms with Crippen molar-refractivity contribution in [1.82, 2.24) is 9.97 Å². The van der Waals surface area contributed by atoms with Gasteiger partial charge >= 0.3 is 0 Å². The molecule has 6 nitrogen and oxygen atoms in total. The monoisotopic (exact) mass is 428 g/mol. The first-order chi connectivity index (χ1) is 13.1. The number of hydrogen-bond donors (Lipinski definition) is 4. The normalized spacial score (nSPS) is 10.6. The molecule has 3 rings (SSSR count). The predicted molar refractivity (Wildman–Crippen MR) is 110 cm³/mol. The first-order valence-electron chi connectivity index (χ1n) is 8.66. The molecule has 3 aromatic rings. The van der Waals surface area contributed by atoms with Crippen molar-refractivity contribution in [3.05, 3.63) is 70.3 Å². The summed E-state index contributed by atoms with van der Waals surface area (Å²) in [6.07, 6.45) is 3.35. The van der Waals surface area contributed by atoms with E-state index in [-0.39, 0.29) is 11.5 Å². The molecule has 0 fully saturated rings. The van der Waals surface area contributed by atoms with Crippen LogP contribution in [0.3, 0.4) is 0 Å². The zero-order valence-corrected chi connectivity index (χ0v) is 16.3. The summed E-state index contributed by atoms with van der Waals surface area (Å²) in [5.41, 5.74) is 2.27. The molecule has 0 aliphatic carbocycles. The van der Waals surface area contributed by atoms with Gasteiger partial charge in [-0.2, -0.15) is 4.98 Å². The second kappa shape index (κ2) is 9.23. The first kappa shape index (κ1) is 19.0. The Morgan fingerprint density at radius 3 is 1.85 bits per heavy atom. The maximum absolute atomic E-state index is 9.33. The van der Waals surface area contributed by atoms with Gasteiger partial charge in [0.05, 0.1) is 4.47 Å². The number of rotatable bonds is 8. The number of nitrogens with one attached hydrogen (secondary N) is 2. The molecule has 27 heavy (non-hydrogen) atoms. The van der Waals surface area contributed by atoms with E-state index in [0.717, 1.165) is 34.3 Å². The van der Waals surface area contributed by atoms with Crippen LogP contribution in [0.5, 0.6) is 11.5 Å². The van der Waals surface area contributed by atoms with Crippen molar-refractivity contribution in [2.75, 3.05) is 23.7 Å². The number of nitrogens with zero attached hydrogens (tertiary/aromatic N) is 2. The summed E-state index contributed by atoms with van der Waals surface area (Å²) >= 11 is 3.47. The topological polar surface area (TPSA) is 90.3 Å². The van der Waals surface area contributed by atoms with E-state index in [1.165, 1.54) is 0 Å². The Bertz CT molecular complexity index is 870. The molecule has 1 aromatic heterocycles. The third-order valence-electron chi connectivity index (χ3n) is 4.02. The van der Waals surface area contributed by atoms with Gasteiger partial charge in [-0.3, -0.25) is 0 Å². The molecule has 1 heterocycles. The van der Waals surface area contributed by atoms with Crippen LogP contribution in [0.1, 0.15) is 11.1 Å². The molecule has 0 radical (unpaired) electrons. The number of phenols is 2. The van der Waals surface area contributed by atoms with Crippen LogP contribution >= 0.6 is 15.9 Å². The molecule has 140 valence electrons. The summed E-state index contributed by atoms with van der Waals surface area (Å²) in [5.74, 6) is 1.83. The first-order valence-corrected chi connectivity index (χ1v) is 9.45. The van der Waals surface area contributed by atoms with E-state index in [1.807, 2.05) is 24.3 Å². The van der Waals surface area contributed by atoms with Crippen LogP contribution in [-0.2, 0) is 12.8 Å². The van der Waals surface area contributed by atoms with E-state index >= 15 is 0 Å². The zero-order valence-electron chi connectivity index (χ0n) is 14.7. The third-order valence-corrected chi connectivity index (χ3v) is 4.60. The molecule has 2 aromatic carbocycles. The van der Waals surface area contributed by atoms with Crippen molar-refractivity contribution >= 4 is 27.7 Å². The Kier molecular flexibility index (Phi) is 6.49. The Morgan fingerprint density at radius 2 is 1.30 bits per heavy atom. The van der Waals surface area contributed by atoms with E-state index in [1.54, 1.807) is 30.5 Å². The summed E-state index contributed by atoms with van der Waals surface area (Å²) < 4.78 is 0.803. The highest BCUT2D eigenvalue weighted by atomic mass is 79.9. The van der Waals surface area contributed by atoms with Crippen LogP contribution in [0.25, 0.3) is 0 Å². The van der Waals surface area contributed by atoms with Crippen LogP contribution < -0.4 is 10.6 Å². The minimum atomic E-state index is 0.269. The number of phenolic OH excluding ortho intramolecular Hbond substituents is 2. The van der Waals surface area contributed by atoms with Crippen molar-refractivity contribution in [1.29, 1.82) is 0 Å². The van der Waals surface area contributed by atoms with Crippen molar-refractivity contribution < 1.29 is 10.2 Å². The molecule has 4 N–H and O–H groups in total. The highest BCUT2D eigenvalue weighted by molar-refractivity contribution is 9.10. The number of aromatic nitrogens is 2. The van der Waals surface area contributed by atoms with Gasteiger partial charge in [0.2, 0.25) is 5.95 Å². The van der Waals surface area contributed by atoms with Crippen LogP contribution in [0.2, 0.25) is 0 Å². The molecule has 0 saturated heterocycles. The van der Waals surface area contributed by atoms with E-state index in [0.29, 0.717) is 19.0 Å². The lowest BCUT2D eigenvalue weighted by molar-refractivity contribution is 0.474. The molecule has 7 heteroatoms. The largest absolute Gasteiger partial charge is 0.508 e. The zero-order chi connectivity index (χ0) is 19.1. The highest BCUT2D eigenvalue weighted by Crippen LogP contribution is 2.20. The van der Waals surface area contributed by atoms with Crippen LogP contribution in [-0.4, -0.2) is 33.3 Å². The molecule has 0 spiro atoms. The minimum Gasteiger partial charge on any atom is -0.508 e. The molecule has 0 saturated carbocycles. The molecule has 0 unspecified atom stereocenters. The second-order valence-corrected chi connectivity index (χ2v) is 6.93. The maximum atomic E-state index is 9.33. The van der Waals surface area contributed by atoms with E-state index in [4.69, 9.17) is 0 Å². The number of benzene rings is 2. The molecular weight excluding hydrogens is 408 g/mol. The van der Waals surface area contributed by atoms with E-state index in [2.05, 4.69) is 36.5 Å². The smallest absolute Gasteiger partial charge is 0.224 e. The molecule has 0 amide bonds. The Labute approximate surface area is 166 Å². The standard InChI is InChI=1S/C20H21BrN4O2/c21-18-13-24-20(23-12-10-15-3-7-17(27)8-4-15)25-19(18)22-11-9-14-1-5-16(26)6-2-14/h1-8,13,26-27H,9-12H2,(H2,22,23,24,25). The summed E-state index contributed by atoms with van der Waals surface area (Å²) in [7, 11) is 0. The number of aromatic hydroxyl groups is 2. The van der Waals surface area contributed by atoms with Crippen LogP contribution in [0.15, 0.2) is 59.2 Å². The van der Waals surface area contributed by atoms with Crippen molar-refractivity contribution in [3.8, 4) is 11.5 Å². The van der Waals surface area contributed by atoms with Gasteiger partial charge in [0.15, 0.2) is 0 Å². The quantitative estimate of drug-likeness (QED) is 0.434. The van der Waals surface area contributed by atoms with Gasteiger partial charge in [0, 0.05) is 19.3 Å². The number of halogens is 1. The van der Waals surface area contributed by atoms with E-state index < -0.39 is 0 Å². The highest BCUT2D eigenvalue weighted by Gasteiger charge is 2.05.